The number of rotatable bonds is 4. The van der Waals surface area contributed by atoms with Crippen LogP contribution in [0.15, 0.2) is 42.5 Å². The first-order valence-corrected chi connectivity index (χ1v) is 8.77. The van der Waals surface area contributed by atoms with Gasteiger partial charge in [-0.25, -0.2) is 4.79 Å². The number of ether oxygens (including phenoxy) is 3. The minimum atomic E-state index is -0.913. The van der Waals surface area contributed by atoms with E-state index in [4.69, 9.17) is 14.2 Å². The van der Waals surface area contributed by atoms with Crippen LogP contribution in [0.3, 0.4) is 0 Å². The van der Waals surface area contributed by atoms with Crippen molar-refractivity contribution < 1.29 is 23.8 Å². The van der Waals surface area contributed by atoms with Gasteiger partial charge in [0.1, 0.15) is 13.2 Å². The number of benzene rings is 2. The van der Waals surface area contributed by atoms with Crippen LogP contribution >= 0.6 is 0 Å². The highest BCUT2D eigenvalue weighted by molar-refractivity contribution is 6.11. The van der Waals surface area contributed by atoms with Gasteiger partial charge in [-0.15, -0.1) is 0 Å². The first kappa shape index (κ1) is 17.1. The molecule has 1 aromatic heterocycles. The van der Waals surface area contributed by atoms with Gasteiger partial charge < -0.3 is 19.2 Å². The standard InChI is InChI=1S/C21H19NO5/c1-12-19(15-5-3-4-6-16(15)22-12)20(23)13(2)27-21(24)14-7-8-17-18(11-14)26-10-9-25-17/h3-8,11,13,22H,9-10H2,1-2H3/t13-/m1/s1. The third kappa shape index (κ3) is 3.14. The summed E-state index contributed by atoms with van der Waals surface area (Å²) < 4.78 is 16.3. The molecule has 1 N–H and O–H groups in total. The fourth-order valence-electron chi connectivity index (χ4n) is 3.25. The van der Waals surface area contributed by atoms with Crippen molar-refractivity contribution in [2.24, 2.45) is 0 Å². The van der Waals surface area contributed by atoms with E-state index >= 15 is 0 Å². The van der Waals surface area contributed by atoms with E-state index in [2.05, 4.69) is 4.98 Å². The van der Waals surface area contributed by atoms with E-state index in [-0.39, 0.29) is 5.78 Å². The maximum absolute atomic E-state index is 12.9. The molecule has 2 heterocycles. The summed E-state index contributed by atoms with van der Waals surface area (Å²) >= 11 is 0. The van der Waals surface area contributed by atoms with Crippen molar-refractivity contribution in [3.8, 4) is 11.5 Å². The first-order chi connectivity index (χ1) is 13.0. The van der Waals surface area contributed by atoms with E-state index in [9.17, 15) is 9.59 Å². The number of Topliss-reactive ketones (excluding diaryl/α,β-unsaturated/α-hetero) is 1. The van der Waals surface area contributed by atoms with Gasteiger partial charge in [-0.05, 0) is 38.1 Å². The Bertz CT molecular complexity index is 1040. The van der Waals surface area contributed by atoms with Crippen molar-refractivity contribution in [3.05, 3.63) is 59.3 Å². The predicted octanol–water partition coefficient (Wildman–Crippen LogP) is 3.68. The molecule has 0 saturated carbocycles. The highest BCUT2D eigenvalue weighted by Crippen LogP contribution is 2.31. The molecule has 0 amide bonds. The van der Waals surface area contributed by atoms with Crippen LogP contribution in [0.5, 0.6) is 11.5 Å². The number of hydrogen-bond donors (Lipinski definition) is 1. The second kappa shape index (κ2) is 6.79. The van der Waals surface area contributed by atoms with Crippen molar-refractivity contribution in [1.29, 1.82) is 0 Å². The summed E-state index contributed by atoms with van der Waals surface area (Å²) in [7, 11) is 0. The van der Waals surface area contributed by atoms with Crippen LogP contribution in [-0.2, 0) is 4.74 Å². The van der Waals surface area contributed by atoms with Gasteiger partial charge in [0.2, 0.25) is 5.78 Å². The Morgan fingerprint density at radius 3 is 2.63 bits per heavy atom. The molecular weight excluding hydrogens is 346 g/mol. The molecule has 1 atom stereocenters. The normalized spacial score (nSPS) is 14.0. The molecule has 0 radical (unpaired) electrons. The molecule has 0 bridgehead atoms. The molecule has 1 aliphatic heterocycles. The first-order valence-electron chi connectivity index (χ1n) is 8.77. The summed E-state index contributed by atoms with van der Waals surface area (Å²) in [6.07, 6.45) is -0.913. The Morgan fingerprint density at radius 2 is 1.81 bits per heavy atom. The van der Waals surface area contributed by atoms with Crippen LogP contribution in [0, 0.1) is 6.92 Å². The number of carbonyl (C=O) groups is 2. The minimum Gasteiger partial charge on any atom is -0.486 e. The number of aryl methyl sites for hydroxylation is 1. The molecule has 0 fully saturated rings. The summed E-state index contributed by atoms with van der Waals surface area (Å²) in [5.41, 5.74) is 2.50. The third-order valence-corrected chi connectivity index (χ3v) is 4.57. The lowest BCUT2D eigenvalue weighted by Crippen LogP contribution is -2.25. The summed E-state index contributed by atoms with van der Waals surface area (Å²) in [4.78, 5) is 28.6. The largest absolute Gasteiger partial charge is 0.486 e. The number of H-pyrrole nitrogens is 1. The topological polar surface area (TPSA) is 77.6 Å². The van der Waals surface area contributed by atoms with E-state index in [1.807, 2.05) is 31.2 Å². The number of esters is 1. The second-order valence-electron chi connectivity index (χ2n) is 6.44. The molecule has 6 nitrogen and oxygen atoms in total. The molecule has 138 valence electrons. The van der Waals surface area contributed by atoms with Crippen LogP contribution in [0.25, 0.3) is 10.9 Å². The summed E-state index contributed by atoms with van der Waals surface area (Å²) in [6, 6.07) is 12.4. The van der Waals surface area contributed by atoms with E-state index in [1.54, 1.807) is 25.1 Å². The molecular formula is C21H19NO5. The maximum atomic E-state index is 12.9. The summed E-state index contributed by atoms with van der Waals surface area (Å²) in [6.45, 7) is 4.33. The quantitative estimate of drug-likeness (QED) is 0.564. The molecule has 6 heteroatoms. The van der Waals surface area contributed by atoms with Crippen molar-refractivity contribution in [2.75, 3.05) is 13.2 Å². The molecule has 0 unspecified atom stereocenters. The van der Waals surface area contributed by atoms with Crippen molar-refractivity contribution >= 4 is 22.7 Å². The maximum Gasteiger partial charge on any atom is 0.338 e. The molecule has 27 heavy (non-hydrogen) atoms. The average molecular weight is 365 g/mol. The van der Waals surface area contributed by atoms with Crippen LogP contribution in [0.2, 0.25) is 0 Å². The van der Waals surface area contributed by atoms with Gasteiger partial charge in [-0.1, -0.05) is 18.2 Å². The lowest BCUT2D eigenvalue weighted by atomic mass is 10.0. The van der Waals surface area contributed by atoms with Crippen molar-refractivity contribution in [3.63, 3.8) is 0 Å². The average Bonchev–Trinajstić information content (AvgIpc) is 3.02. The highest BCUT2D eigenvalue weighted by atomic mass is 16.6. The fourth-order valence-corrected chi connectivity index (χ4v) is 3.25. The predicted molar refractivity (Wildman–Crippen MR) is 99.7 cm³/mol. The zero-order valence-electron chi connectivity index (χ0n) is 15.1. The van der Waals surface area contributed by atoms with Gasteiger partial charge in [0, 0.05) is 22.2 Å². The van der Waals surface area contributed by atoms with Crippen LogP contribution in [0.1, 0.15) is 33.3 Å². The van der Waals surface area contributed by atoms with Gasteiger partial charge in [-0.3, -0.25) is 4.79 Å². The molecule has 0 saturated heterocycles. The number of hydrogen-bond acceptors (Lipinski definition) is 5. The SMILES string of the molecule is Cc1[nH]c2ccccc2c1C(=O)[C@@H](C)OC(=O)c1ccc2c(c1)OCCO2. The highest BCUT2D eigenvalue weighted by Gasteiger charge is 2.25. The molecule has 0 spiro atoms. The fraction of sp³-hybridized carbons (Fsp3) is 0.238. The molecule has 3 aromatic rings. The smallest absolute Gasteiger partial charge is 0.338 e. The van der Waals surface area contributed by atoms with Crippen molar-refractivity contribution in [2.45, 2.75) is 20.0 Å². The minimum absolute atomic E-state index is 0.240. The lowest BCUT2D eigenvalue weighted by Gasteiger charge is -2.19. The zero-order valence-corrected chi connectivity index (χ0v) is 15.1. The van der Waals surface area contributed by atoms with E-state index in [0.29, 0.717) is 35.8 Å². The van der Waals surface area contributed by atoms with Gasteiger partial charge in [-0.2, -0.15) is 0 Å². The van der Waals surface area contributed by atoms with Crippen LogP contribution < -0.4 is 9.47 Å². The Hall–Kier alpha value is -3.28. The third-order valence-electron chi connectivity index (χ3n) is 4.57. The molecule has 0 aliphatic carbocycles. The van der Waals surface area contributed by atoms with Crippen LogP contribution in [-0.4, -0.2) is 36.1 Å². The Morgan fingerprint density at radius 1 is 1.07 bits per heavy atom. The van der Waals surface area contributed by atoms with Crippen LogP contribution in [0.4, 0.5) is 0 Å². The monoisotopic (exact) mass is 365 g/mol. The Balaban J connectivity index is 1.54. The van der Waals surface area contributed by atoms with Gasteiger partial charge in [0.05, 0.1) is 5.56 Å². The van der Waals surface area contributed by atoms with E-state index in [1.165, 1.54) is 0 Å². The number of aromatic amines is 1. The zero-order chi connectivity index (χ0) is 19.0. The van der Waals surface area contributed by atoms with Gasteiger partial charge >= 0.3 is 5.97 Å². The number of nitrogens with one attached hydrogen (secondary N) is 1. The van der Waals surface area contributed by atoms with Gasteiger partial charge in [0.15, 0.2) is 17.6 Å². The summed E-state index contributed by atoms with van der Waals surface area (Å²) in [5.74, 6) is 0.277. The van der Waals surface area contributed by atoms with E-state index < -0.39 is 12.1 Å². The second-order valence-corrected chi connectivity index (χ2v) is 6.44. The number of fused-ring (bicyclic) bond motifs is 2. The number of para-hydroxylation sites is 1. The number of ketones is 1. The molecule has 2 aromatic carbocycles. The van der Waals surface area contributed by atoms with Gasteiger partial charge in [0.25, 0.3) is 0 Å². The Labute approximate surface area is 156 Å². The lowest BCUT2D eigenvalue weighted by molar-refractivity contribution is 0.0318. The Kier molecular flexibility index (Phi) is 4.32. The number of aromatic nitrogens is 1. The molecule has 4 rings (SSSR count). The molecule has 1 aliphatic rings. The van der Waals surface area contributed by atoms with E-state index in [0.717, 1.165) is 16.6 Å². The summed E-state index contributed by atoms with van der Waals surface area (Å²) in [5, 5.41) is 0.822. The number of carbonyl (C=O) groups excluding carboxylic acids is 2. The van der Waals surface area contributed by atoms with Crippen molar-refractivity contribution in [1.82, 2.24) is 4.98 Å².